The zero-order valence-corrected chi connectivity index (χ0v) is 17.4. The summed E-state index contributed by atoms with van der Waals surface area (Å²) in [4.78, 5) is 37.9. The Hall–Kier alpha value is -3.15. The number of hydrogen-bond acceptors (Lipinski definition) is 4. The first-order valence-corrected chi connectivity index (χ1v) is 9.78. The topological polar surface area (TPSA) is 72.5 Å². The molecule has 1 unspecified atom stereocenters. The number of esters is 1. The number of rotatable bonds is 6. The minimum atomic E-state index is -1.13. The quantitative estimate of drug-likeness (QED) is 0.410. The minimum absolute atomic E-state index is 0.0757. The first kappa shape index (κ1) is 21.6. The van der Waals surface area contributed by atoms with Crippen LogP contribution >= 0.6 is 23.2 Å². The summed E-state index contributed by atoms with van der Waals surface area (Å²) in [5.41, 5.74) is 1.02. The van der Waals surface area contributed by atoms with Crippen molar-refractivity contribution < 1.29 is 19.1 Å². The third kappa shape index (κ3) is 4.87. The zero-order chi connectivity index (χ0) is 21.7. The van der Waals surface area contributed by atoms with Crippen molar-refractivity contribution in [3.05, 3.63) is 99.5 Å². The predicted molar refractivity (Wildman–Crippen MR) is 116 cm³/mol. The van der Waals surface area contributed by atoms with Gasteiger partial charge in [-0.1, -0.05) is 77.8 Å². The van der Waals surface area contributed by atoms with E-state index in [4.69, 9.17) is 27.9 Å². The Balaban J connectivity index is 1.75. The molecule has 0 saturated heterocycles. The van der Waals surface area contributed by atoms with Gasteiger partial charge < -0.3 is 10.1 Å². The summed E-state index contributed by atoms with van der Waals surface area (Å²) in [6, 6.07) is 19.7. The van der Waals surface area contributed by atoms with Crippen molar-refractivity contribution in [2.45, 2.75) is 13.0 Å². The fraction of sp³-hybridized carbons (Fsp3) is 0.0870. The number of ether oxygens (including phenoxy) is 1. The molecule has 0 aliphatic rings. The number of carbonyl (C=O) groups is 3. The van der Waals surface area contributed by atoms with E-state index in [1.807, 2.05) is 0 Å². The highest BCUT2D eigenvalue weighted by Gasteiger charge is 2.24. The molecule has 0 fully saturated rings. The van der Waals surface area contributed by atoms with Gasteiger partial charge in [0.05, 0.1) is 21.3 Å². The van der Waals surface area contributed by atoms with Gasteiger partial charge in [-0.2, -0.15) is 0 Å². The van der Waals surface area contributed by atoms with E-state index in [-0.39, 0.29) is 27.0 Å². The van der Waals surface area contributed by atoms with E-state index < -0.39 is 18.0 Å². The summed E-state index contributed by atoms with van der Waals surface area (Å²) in [5, 5.41) is 3.04. The Labute approximate surface area is 183 Å². The second kappa shape index (κ2) is 9.57. The smallest absolute Gasteiger partial charge is 0.339 e. The number of carbonyl (C=O) groups excluding carboxylic acids is 3. The number of nitrogens with one attached hydrogen (secondary N) is 1. The van der Waals surface area contributed by atoms with E-state index in [1.165, 1.54) is 13.0 Å². The first-order valence-electron chi connectivity index (χ1n) is 9.03. The molecule has 0 heterocycles. The Morgan fingerprint density at radius 2 is 1.47 bits per heavy atom. The molecule has 3 rings (SSSR count). The lowest BCUT2D eigenvalue weighted by Crippen LogP contribution is -2.30. The Bertz CT molecular complexity index is 1100. The van der Waals surface area contributed by atoms with Crippen LogP contribution in [-0.2, 0) is 9.53 Å². The van der Waals surface area contributed by atoms with E-state index in [0.717, 1.165) is 0 Å². The van der Waals surface area contributed by atoms with Crippen LogP contribution in [0.1, 0.15) is 33.2 Å². The predicted octanol–water partition coefficient (Wildman–Crippen LogP) is 5.41. The number of ketones is 1. The van der Waals surface area contributed by atoms with Gasteiger partial charge >= 0.3 is 5.97 Å². The molecule has 0 radical (unpaired) electrons. The molecule has 152 valence electrons. The van der Waals surface area contributed by atoms with Crippen LogP contribution in [0.25, 0.3) is 0 Å². The Morgan fingerprint density at radius 3 is 2.17 bits per heavy atom. The summed E-state index contributed by atoms with van der Waals surface area (Å²) in [6.45, 7) is 1.42. The van der Waals surface area contributed by atoms with Gasteiger partial charge in [0.25, 0.3) is 5.91 Å². The highest BCUT2D eigenvalue weighted by molar-refractivity contribution is 6.44. The molecule has 0 aliphatic carbocycles. The fourth-order valence-corrected chi connectivity index (χ4v) is 3.06. The molecule has 0 aromatic heterocycles. The summed E-state index contributed by atoms with van der Waals surface area (Å²) >= 11 is 12.0. The monoisotopic (exact) mass is 441 g/mol. The third-order valence-corrected chi connectivity index (χ3v) is 5.11. The zero-order valence-electron chi connectivity index (χ0n) is 15.9. The standard InChI is InChI=1S/C23H17Cl2NO4/c1-14(22(28)26-19-13-7-12-18(24)20(19)25)30-23(29)17-11-6-5-10-16(17)21(27)15-8-3-2-4-9-15/h2-14H,1H3,(H,26,28). The molecule has 1 N–H and O–H groups in total. The van der Waals surface area contributed by atoms with Crippen LogP contribution in [-0.4, -0.2) is 23.8 Å². The maximum absolute atomic E-state index is 12.8. The van der Waals surface area contributed by atoms with Gasteiger partial charge in [-0.3, -0.25) is 9.59 Å². The maximum atomic E-state index is 12.8. The average molecular weight is 442 g/mol. The van der Waals surface area contributed by atoms with Crippen LogP contribution < -0.4 is 5.32 Å². The largest absolute Gasteiger partial charge is 0.449 e. The molecule has 5 nitrogen and oxygen atoms in total. The van der Waals surface area contributed by atoms with E-state index in [0.29, 0.717) is 11.3 Å². The Morgan fingerprint density at radius 1 is 0.833 bits per heavy atom. The van der Waals surface area contributed by atoms with Gasteiger partial charge in [0, 0.05) is 11.1 Å². The SMILES string of the molecule is CC(OC(=O)c1ccccc1C(=O)c1ccccc1)C(=O)Nc1cccc(Cl)c1Cl. The van der Waals surface area contributed by atoms with E-state index in [1.54, 1.807) is 66.7 Å². The molecule has 3 aromatic rings. The van der Waals surface area contributed by atoms with E-state index >= 15 is 0 Å². The molecule has 0 saturated carbocycles. The van der Waals surface area contributed by atoms with Crippen molar-refractivity contribution in [1.29, 1.82) is 0 Å². The van der Waals surface area contributed by atoms with Crippen LogP contribution in [0.3, 0.4) is 0 Å². The maximum Gasteiger partial charge on any atom is 0.339 e. The van der Waals surface area contributed by atoms with Crippen molar-refractivity contribution in [1.82, 2.24) is 0 Å². The van der Waals surface area contributed by atoms with E-state index in [9.17, 15) is 14.4 Å². The van der Waals surface area contributed by atoms with Crippen LogP contribution in [0.15, 0.2) is 72.8 Å². The molecule has 7 heteroatoms. The molecule has 0 aliphatic heterocycles. The second-order valence-corrected chi connectivity index (χ2v) is 7.16. The van der Waals surface area contributed by atoms with Gasteiger partial charge in [-0.25, -0.2) is 4.79 Å². The van der Waals surface area contributed by atoms with Crippen LogP contribution in [0.4, 0.5) is 5.69 Å². The highest BCUT2D eigenvalue weighted by Crippen LogP contribution is 2.29. The van der Waals surface area contributed by atoms with Crippen molar-refractivity contribution >= 4 is 46.5 Å². The van der Waals surface area contributed by atoms with Gasteiger partial charge in [-0.15, -0.1) is 0 Å². The number of hydrogen-bond donors (Lipinski definition) is 1. The first-order chi connectivity index (χ1) is 14.4. The van der Waals surface area contributed by atoms with Gasteiger partial charge in [0.15, 0.2) is 11.9 Å². The second-order valence-electron chi connectivity index (χ2n) is 6.38. The lowest BCUT2D eigenvalue weighted by molar-refractivity contribution is -0.123. The summed E-state index contributed by atoms with van der Waals surface area (Å²) in [7, 11) is 0. The van der Waals surface area contributed by atoms with Crippen LogP contribution in [0.2, 0.25) is 10.0 Å². The normalized spacial score (nSPS) is 11.4. The lowest BCUT2D eigenvalue weighted by atomic mass is 9.98. The highest BCUT2D eigenvalue weighted by atomic mass is 35.5. The van der Waals surface area contributed by atoms with Crippen molar-refractivity contribution in [2.75, 3.05) is 5.32 Å². The molecule has 0 bridgehead atoms. The van der Waals surface area contributed by atoms with Gasteiger partial charge in [0.2, 0.25) is 0 Å². The number of benzene rings is 3. The molecule has 1 atom stereocenters. The van der Waals surface area contributed by atoms with Crippen molar-refractivity contribution in [3.8, 4) is 0 Å². The van der Waals surface area contributed by atoms with Crippen molar-refractivity contribution in [2.24, 2.45) is 0 Å². The molecule has 1 amide bonds. The minimum Gasteiger partial charge on any atom is -0.449 e. The molecular formula is C23H17Cl2NO4. The molecule has 3 aromatic carbocycles. The van der Waals surface area contributed by atoms with Crippen LogP contribution in [0.5, 0.6) is 0 Å². The molecular weight excluding hydrogens is 425 g/mol. The van der Waals surface area contributed by atoms with Crippen molar-refractivity contribution in [3.63, 3.8) is 0 Å². The Kier molecular flexibility index (Phi) is 6.87. The van der Waals surface area contributed by atoms with Gasteiger partial charge in [-0.05, 0) is 25.1 Å². The number of amides is 1. The lowest BCUT2D eigenvalue weighted by Gasteiger charge is -2.15. The average Bonchev–Trinajstić information content (AvgIpc) is 2.76. The number of halogens is 2. The number of anilines is 1. The summed E-state index contributed by atoms with van der Waals surface area (Å²) < 4.78 is 5.29. The summed E-state index contributed by atoms with van der Waals surface area (Å²) in [5.74, 6) is -1.68. The third-order valence-electron chi connectivity index (χ3n) is 4.29. The summed E-state index contributed by atoms with van der Waals surface area (Å²) in [6.07, 6.45) is -1.13. The molecule has 30 heavy (non-hydrogen) atoms. The van der Waals surface area contributed by atoms with Gasteiger partial charge in [0.1, 0.15) is 0 Å². The van der Waals surface area contributed by atoms with E-state index in [2.05, 4.69) is 5.32 Å². The fourth-order valence-electron chi connectivity index (χ4n) is 2.72. The molecule has 0 spiro atoms. The van der Waals surface area contributed by atoms with Crippen LogP contribution in [0, 0.1) is 0 Å².